The summed E-state index contributed by atoms with van der Waals surface area (Å²) in [6.45, 7) is 0.597. The number of carbonyl (C=O) groups is 1. The van der Waals surface area contributed by atoms with Crippen molar-refractivity contribution >= 4 is 55.3 Å². The zero-order valence-corrected chi connectivity index (χ0v) is 21.8. The summed E-state index contributed by atoms with van der Waals surface area (Å²) in [5, 5.41) is 5.38. The van der Waals surface area contributed by atoms with Gasteiger partial charge in [-0.2, -0.15) is 4.31 Å². The van der Waals surface area contributed by atoms with E-state index in [0.717, 1.165) is 33.7 Å². The van der Waals surface area contributed by atoms with E-state index in [4.69, 9.17) is 11.6 Å². The summed E-state index contributed by atoms with van der Waals surface area (Å²) in [5.74, 6) is -0.382. The normalized spacial score (nSPS) is 15.2. The molecule has 1 aliphatic rings. The van der Waals surface area contributed by atoms with Gasteiger partial charge in [0.05, 0.1) is 10.0 Å². The highest BCUT2D eigenvalue weighted by Gasteiger charge is 2.33. The Labute approximate surface area is 217 Å². The fraction of sp³-hybridized carbons (Fsp3) is 0.200. The van der Waals surface area contributed by atoms with Gasteiger partial charge in [-0.05, 0) is 36.1 Å². The number of thiazole rings is 1. The summed E-state index contributed by atoms with van der Waals surface area (Å²) in [6, 6.07) is 21.5. The van der Waals surface area contributed by atoms with E-state index in [1.807, 2.05) is 35.7 Å². The van der Waals surface area contributed by atoms with E-state index < -0.39 is 10.0 Å². The van der Waals surface area contributed by atoms with Crippen molar-refractivity contribution in [2.75, 3.05) is 18.4 Å². The summed E-state index contributed by atoms with van der Waals surface area (Å²) in [4.78, 5) is 17.4. The number of hydrogen-bond donors (Lipinski definition) is 1. The molecule has 1 amide bonds. The molecule has 1 saturated heterocycles. The lowest BCUT2D eigenvalue weighted by molar-refractivity contribution is -0.120. The molecule has 5 rings (SSSR count). The van der Waals surface area contributed by atoms with E-state index in [0.29, 0.717) is 35.4 Å². The second kappa shape index (κ2) is 10.2. The highest BCUT2D eigenvalue weighted by atomic mass is 35.5. The number of anilines is 1. The summed E-state index contributed by atoms with van der Waals surface area (Å²) < 4.78 is 27.7. The molecule has 1 N–H and O–H groups in total. The van der Waals surface area contributed by atoms with E-state index in [1.165, 1.54) is 21.7 Å². The van der Waals surface area contributed by atoms with Gasteiger partial charge in [0.2, 0.25) is 5.91 Å². The number of amides is 1. The first-order chi connectivity index (χ1) is 16.9. The summed E-state index contributed by atoms with van der Waals surface area (Å²) >= 11 is 8.33. The molecular formula is C25H22ClN3O3S3. The van der Waals surface area contributed by atoms with Crippen molar-refractivity contribution in [1.82, 2.24) is 9.29 Å². The zero-order valence-electron chi connectivity index (χ0n) is 18.6. The molecule has 3 heterocycles. The van der Waals surface area contributed by atoms with Gasteiger partial charge in [-0.15, -0.1) is 22.7 Å². The number of hydrogen-bond acceptors (Lipinski definition) is 6. The third-order valence-electron chi connectivity index (χ3n) is 5.99. The number of nitrogens with zero attached hydrogens (tertiary/aromatic N) is 2. The minimum absolute atomic E-state index is 0.124. The van der Waals surface area contributed by atoms with Crippen LogP contribution in [0.4, 0.5) is 5.13 Å². The molecule has 6 nitrogen and oxygen atoms in total. The van der Waals surface area contributed by atoms with Crippen molar-refractivity contribution in [1.29, 1.82) is 0 Å². The van der Waals surface area contributed by atoms with Crippen molar-refractivity contribution < 1.29 is 13.2 Å². The van der Waals surface area contributed by atoms with Crippen molar-refractivity contribution in [3.8, 4) is 22.4 Å². The number of nitrogens with one attached hydrogen (secondary N) is 1. The maximum atomic E-state index is 12.8. The van der Waals surface area contributed by atoms with Gasteiger partial charge in [-0.1, -0.05) is 66.2 Å². The van der Waals surface area contributed by atoms with Crippen molar-refractivity contribution in [2.24, 2.45) is 5.92 Å². The highest BCUT2D eigenvalue weighted by molar-refractivity contribution is 7.91. The summed E-state index contributed by atoms with van der Waals surface area (Å²) in [5.41, 5.74) is 4.08. The van der Waals surface area contributed by atoms with Gasteiger partial charge in [0, 0.05) is 30.0 Å². The minimum atomic E-state index is -3.57. The molecule has 0 spiro atoms. The van der Waals surface area contributed by atoms with Crippen LogP contribution in [0.1, 0.15) is 12.8 Å². The Balaban J connectivity index is 1.18. The monoisotopic (exact) mass is 543 g/mol. The zero-order chi connectivity index (χ0) is 24.4. The molecular weight excluding hydrogens is 522 g/mol. The van der Waals surface area contributed by atoms with Gasteiger partial charge in [0.15, 0.2) is 5.13 Å². The average molecular weight is 544 g/mol. The first-order valence-corrected chi connectivity index (χ1v) is 14.6. The summed E-state index contributed by atoms with van der Waals surface area (Å²) in [7, 11) is -3.57. The van der Waals surface area contributed by atoms with Gasteiger partial charge in [0.1, 0.15) is 4.21 Å². The molecule has 10 heteroatoms. The molecule has 0 bridgehead atoms. The number of halogens is 1. The molecule has 1 aliphatic heterocycles. The van der Waals surface area contributed by atoms with Crippen LogP contribution in [0.5, 0.6) is 0 Å². The molecule has 0 radical (unpaired) electrons. The van der Waals surface area contributed by atoms with Gasteiger partial charge in [-0.25, -0.2) is 13.4 Å². The van der Waals surface area contributed by atoms with Crippen LogP contribution in [-0.4, -0.2) is 36.7 Å². The second-order valence-corrected chi connectivity index (χ2v) is 12.9. The molecule has 0 atom stereocenters. The van der Waals surface area contributed by atoms with Crippen LogP contribution in [0.15, 0.2) is 76.3 Å². The van der Waals surface area contributed by atoms with Crippen LogP contribution in [0.3, 0.4) is 0 Å². The molecule has 0 unspecified atom stereocenters. The largest absolute Gasteiger partial charge is 0.302 e. The molecule has 0 saturated carbocycles. The van der Waals surface area contributed by atoms with Crippen LogP contribution >= 0.6 is 34.3 Å². The lowest BCUT2D eigenvalue weighted by atomic mass is 9.97. The van der Waals surface area contributed by atoms with E-state index in [1.54, 1.807) is 6.07 Å². The lowest BCUT2D eigenvalue weighted by Crippen LogP contribution is -2.41. The SMILES string of the molecule is O=C(Nc1nc(-c2ccc(-c3ccccc3)cc2)cs1)C1CCN(S(=O)(=O)c2ccc(Cl)s2)CC1. The van der Waals surface area contributed by atoms with Crippen molar-refractivity contribution in [3.05, 3.63) is 76.4 Å². The predicted octanol–water partition coefficient (Wildman–Crippen LogP) is 6.23. The van der Waals surface area contributed by atoms with Gasteiger partial charge >= 0.3 is 0 Å². The van der Waals surface area contributed by atoms with Crippen LogP contribution in [0.25, 0.3) is 22.4 Å². The first-order valence-electron chi connectivity index (χ1n) is 11.1. The first kappa shape index (κ1) is 24.1. The average Bonchev–Trinajstić information content (AvgIpc) is 3.54. The third-order valence-corrected chi connectivity index (χ3v) is 10.3. The predicted molar refractivity (Wildman–Crippen MR) is 142 cm³/mol. The summed E-state index contributed by atoms with van der Waals surface area (Å²) in [6.07, 6.45) is 0.923. The molecule has 0 aliphatic carbocycles. The van der Waals surface area contributed by atoms with Gasteiger partial charge in [-0.3, -0.25) is 4.79 Å². The van der Waals surface area contributed by atoms with Crippen LogP contribution in [0, 0.1) is 5.92 Å². The Kier molecular flexibility index (Phi) is 7.04. The smallest absolute Gasteiger partial charge is 0.252 e. The minimum Gasteiger partial charge on any atom is -0.302 e. The van der Waals surface area contributed by atoms with Crippen LogP contribution < -0.4 is 5.32 Å². The standard InChI is InChI=1S/C25H22ClN3O3S3/c26-22-10-11-23(34-22)35(31,32)29-14-12-20(13-15-29)24(30)28-25-27-21(16-33-25)19-8-6-18(7-9-19)17-4-2-1-3-5-17/h1-11,16,20H,12-15H2,(H,27,28,30). The number of aromatic nitrogens is 1. The fourth-order valence-electron chi connectivity index (χ4n) is 4.06. The molecule has 180 valence electrons. The topological polar surface area (TPSA) is 79.4 Å². The lowest BCUT2D eigenvalue weighted by Gasteiger charge is -2.29. The Bertz CT molecular complexity index is 1430. The van der Waals surface area contributed by atoms with Gasteiger partial charge in [0.25, 0.3) is 10.0 Å². The van der Waals surface area contributed by atoms with Crippen LogP contribution in [0.2, 0.25) is 4.34 Å². The Hall–Kier alpha value is -2.56. The molecule has 2 aromatic carbocycles. The fourth-order valence-corrected chi connectivity index (χ4v) is 7.89. The number of thiophene rings is 1. The Morgan fingerprint density at radius 2 is 1.60 bits per heavy atom. The number of benzene rings is 2. The third kappa shape index (κ3) is 5.34. The maximum absolute atomic E-state index is 12.8. The maximum Gasteiger partial charge on any atom is 0.252 e. The number of piperidine rings is 1. The second-order valence-electron chi connectivity index (χ2n) is 8.21. The van der Waals surface area contributed by atoms with Crippen molar-refractivity contribution in [3.63, 3.8) is 0 Å². The number of sulfonamides is 1. The molecule has 2 aromatic heterocycles. The van der Waals surface area contributed by atoms with E-state index >= 15 is 0 Å². The quantitative estimate of drug-likeness (QED) is 0.312. The molecule has 35 heavy (non-hydrogen) atoms. The van der Waals surface area contributed by atoms with Gasteiger partial charge < -0.3 is 5.32 Å². The van der Waals surface area contributed by atoms with Crippen LogP contribution in [-0.2, 0) is 14.8 Å². The number of carbonyl (C=O) groups excluding carboxylic acids is 1. The van der Waals surface area contributed by atoms with Crippen molar-refractivity contribution in [2.45, 2.75) is 17.1 Å². The van der Waals surface area contributed by atoms with E-state index in [9.17, 15) is 13.2 Å². The highest BCUT2D eigenvalue weighted by Crippen LogP contribution is 2.32. The Morgan fingerprint density at radius 3 is 2.26 bits per heavy atom. The number of rotatable bonds is 6. The van der Waals surface area contributed by atoms with E-state index in [2.05, 4.69) is 34.6 Å². The Morgan fingerprint density at radius 1 is 0.943 bits per heavy atom. The molecule has 4 aromatic rings. The van der Waals surface area contributed by atoms with E-state index in [-0.39, 0.29) is 16.0 Å². The molecule has 1 fully saturated rings.